The van der Waals surface area contributed by atoms with Crippen molar-refractivity contribution in [3.05, 3.63) is 17.5 Å². The van der Waals surface area contributed by atoms with E-state index in [0.29, 0.717) is 6.54 Å². The Morgan fingerprint density at radius 2 is 2.15 bits per heavy atom. The molecule has 1 unspecified atom stereocenters. The van der Waals surface area contributed by atoms with E-state index < -0.39 is 10.0 Å². The number of rotatable bonds is 6. The van der Waals surface area contributed by atoms with Crippen molar-refractivity contribution in [3.63, 3.8) is 0 Å². The van der Waals surface area contributed by atoms with E-state index >= 15 is 0 Å². The zero-order chi connectivity index (χ0) is 14.8. The van der Waals surface area contributed by atoms with Gasteiger partial charge in [-0.05, 0) is 26.2 Å². The molecule has 0 amide bonds. The first-order chi connectivity index (χ1) is 9.47. The van der Waals surface area contributed by atoms with Crippen molar-refractivity contribution >= 4 is 10.0 Å². The highest BCUT2D eigenvalue weighted by Crippen LogP contribution is 2.35. The Balaban J connectivity index is 2.17. The van der Waals surface area contributed by atoms with Gasteiger partial charge in [0.1, 0.15) is 0 Å². The Bertz CT molecular complexity index is 551. The minimum absolute atomic E-state index is 0.0182. The maximum absolute atomic E-state index is 12.5. The summed E-state index contributed by atoms with van der Waals surface area (Å²) in [7, 11) is -1.24. The molecular weight excluding hydrogens is 274 g/mol. The first-order valence-electron chi connectivity index (χ1n) is 7.45. The Morgan fingerprint density at radius 1 is 1.40 bits per heavy atom. The molecule has 0 spiro atoms. The van der Waals surface area contributed by atoms with Crippen LogP contribution in [0.15, 0.2) is 6.20 Å². The van der Waals surface area contributed by atoms with E-state index in [4.69, 9.17) is 0 Å². The van der Waals surface area contributed by atoms with E-state index in [2.05, 4.69) is 12.0 Å². The molecule has 2 rings (SSSR count). The minimum Gasteiger partial charge on any atom is -0.273 e. The van der Waals surface area contributed by atoms with Crippen LogP contribution in [0.25, 0.3) is 0 Å². The first kappa shape index (κ1) is 15.5. The standard InChI is InChI=1S/C14H25N3O2S/c1-4-5-6-10-20(18,19)17-9-7-8-14(17)13-11-15-16(3)12(13)2/h11,14H,4-10H2,1-3H3. The number of nitrogens with zero attached hydrogens (tertiary/aromatic N) is 3. The largest absolute Gasteiger partial charge is 0.273 e. The zero-order valence-electron chi connectivity index (χ0n) is 12.7. The van der Waals surface area contributed by atoms with Gasteiger partial charge in [-0.25, -0.2) is 8.42 Å². The summed E-state index contributed by atoms with van der Waals surface area (Å²) in [6.45, 7) is 4.74. The maximum atomic E-state index is 12.5. The fourth-order valence-corrected chi connectivity index (χ4v) is 4.70. The second-order valence-electron chi connectivity index (χ2n) is 5.60. The van der Waals surface area contributed by atoms with Crippen molar-refractivity contribution in [2.24, 2.45) is 7.05 Å². The smallest absolute Gasteiger partial charge is 0.214 e. The van der Waals surface area contributed by atoms with Gasteiger partial charge in [0, 0.05) is 24.8 Å². The van der Waals surface area contributed by atoms with Crippen LogP contribution in [-0.4, -0.2) is 34.8 Å². The van der Waals surface area contributed by atoms with Crippen molar-refractivity contribution in [1.29, 1.82) is 0 Å². The van der Waals surface area contributed by atoms with Crippen molar-refractivity contribution in [2.75, 3.05) is 12.3 Å². The molecule has 1 atom stereocenters. The lowest BCUT2D eigenvalue weighted by Crippen LogP contribution is -2.32. The highest BCUT2D eigenvalue weighted by Gasteiger charge is 2.36. The predicted octanol–water partition coefficient (Wildman–Crippen LogP) is 2.39. The Hall–Kier alpha value is -0.880. The third-order valence-electron chi connectivity index (χ3n) is 4.20. The molecule has 1 aliphatic heterocycles. The second-order valence-corrected chi connectivity index (χ2v) is 7.64. The van der Waals surface area contributed by atoms with Crippen LogP contribution in [0.5, 0.6) is 0 Å². The summed E-state index contributed by atoms with van der Waals surface area (Å²) in [5, 5.41) is 4.25. The van der Waals surface area contributed by atoms with E-state index in [-0.39, 0.29) is 11.8 Å². The van der Waals surface area contributed by atoms with Gasteiger partial charge in [0.2, 0.25) is 10.0 Å². The summed E-state index contributed by atoms with van der Waals surface area (Å²) in [5.74, 6) is 0.274. The van der Waals surface area contributed by atoms with E-state index in [9.17, 15) is 8.42 Å². The summed E-state index contributed by atoms with van der Waals surface area (Å²) in [4.78, 5) is 0. The molecule has 0 aliphatic carbocycles. The third kappa shape index (κ3) is 3.06. The number of unbranched alkanes of at least 4 members (excludes halogenated alkanes) is 2. The monoisotopic (exact) mass is 299 g/mol. The number of aromatic nitrogens is 2. The Labute approximate surface area is 122 Å². The summed E-state index contributed by atoms with van der Waals surface area (Å²) < 4.78 is 28.5. The Morgan fingerprint density at radius 3 is 2.75 bits per heavy atom. The van der Waals surface area contributed by atoms with Crippen LogP contribution in [0, 0.1) is 6.92 Å². The molecule has 2 heterocycles. The lowest BCUT2D eigenvalue weighted by atomic mass is 10.1. The normalized spacial score (nSPS) is 20.6. The second kappa shape index (κ2) is 6.26. The van der Waals surface area contributed by atoms with Crippen molar-refractivity contribution in [3.8, 4) is 0 Å². The molecule has 0 saturated carbocycles. The van der Waals surface area contributed by atoms with Crippen molar-refractivity contribution < 1.29 is 8.42 Å². The van der Waals surface area contributed by atoms with Crippen molar-refractivity contribution in [1.82, 2.24) is 14.1 Å². The molecule has 20 heavy (non-hydrogen) atoms. The molecule has 0 aromatic carbocycles. The summed E-state index contributed by atoms with van der Waals surface area (Å²) in [5.41, 5.74) is 2.12. The van der Waals surface area contributed by atoms with E-state index in [1.807, 2.05) is 24.9 Å². The van der Waals surface area contributed by atoms with Gasteiger partial charge in [-0.15, -0.1) is 0 Å². The predicted molar refractivity (Wildman–Crippen MR) is 79.9 cm³/mol. The van der Waals surface area contributed by atoms with Gasteiger partial charge < -0.3 is 0 Å². The highest BCUT2D eigenvalue weighted by atomic mass is 32.2. The molecule has 6 heteroatoms. The van der Waals surface area contributed by atoms with Gasteiger partial charge in [0.05, 0.1) is 18.0 Å². The maximum Gasteiger partial charge on any atom is 0.214 e. The lowest BCUT2D eigenvalue weighted by molar-refractivity contribution is 0.394. The van der Waals surface area contributed by atoms with Crippen molar-refractivity contribution in [2.45, 2.75) is 52.0 Å². The lowest BCUT2D eigenvalue weighted by Gasteiger charge is -2.24. The average molecular weight is 299 g/mol. The van der Waals surface area contributed by atoms with Gasteiger partial charge in [0.25, 0.3) is 0 Å². The van der Waals surface area contributed by atoms with Crippen LogP contribution in [-0.2, 0) is 17.1 Å². The molecule has 1 fully saturated rings. The summed E-state index contributed by atoms with van der Waals surface area (Å²) in [6.07, 6.45) is 6.43. The van der Waals surface area contributed by atoms with Crippen LogP contribution >= 0.6 is 0 Å². The number of aryl methyl sites for hydroxylation is 1. The number of hydrogen-bond acceptors (Lipinski definition) is 3. The van der Waals surface area contributed by atoms with Crippen LogP contribution in [0.3, 0.4) is 0 Å². The fraction of sp³-hybridized carbons (Fsp3) is 0.786. The summed E-state index contributed by atoms with van der Waals surface area (Å²) in [6, 6.07) is -0.0182. The first-order valence-corrected chi connectivity index (χ1v) is 9.06. The van der Waals surface area contributed by atoms with Gasteiger partial charge in [-0.2, -0.15) is 9.40 Å². The van der Waals surface area contributed by atoms with Crippen LogP contribution in [0.4, 0.5) is 0 Å². The Kier molecular flexibility index (Phi) is 4.86. The van der Waals surface area contributed by atoms with Gasteiger partial charge in [0.15, 0.2) is 0 Å². The molecular formula is C14H25N3O2S. The van der Waals surface area contributed by atoms with Crippen LogP contribution < -0.4 is 0 Å². The van der Waals surface area contributed by atoms with Crippen LogP contribution in [0.1, 0.15) is 56.3 Å². The van der Waals surface area contributed by atoms with Gasteiger partial charge >= 0.3 is 0 Å². The molecule has 1 aliphatic rings. The quantitative estimate of drug-likeness (QED) is 0.758. The summed E-state index contributed by atoms with van der Waals surface area (Å²) >= 11 is 0. The zero-order valence-corrected chi connectivity index (χ0v) is 13.5. The minimum atomic E-state index is -3.14. The molecule has 0 N–H and O–H groups in total. The fourth-order valence-electron chi connectivity index (χ4n) is 2.88. The van der Waals surface area contributed by atoms with Gasteiger partial charge in [-0.1, -0.05) is 19.8 Å². The molecule has 1 aromatic rings. The SMILES string of the molecule is CCCCCS(=O)(=O)N1CCCC1c1cnn(C)c1C. The molecule has 5 nitrogen and oxygen atoms in total. The van der Waals surface area contributed by atoms with E-state index in [1.165, 1.54) is 0 Å². The molecule has 0 bridgehead atoms. The molecule has 1 aromatic heterocycles. The topological polar surface area (TPSA) is 55.2 Å². The molecule has 1 saturated heterocycles. The average Bonchev–Trinajstić information content (AvgIpc) is 2.99. The third-order valence-corrected chi connectivity index (χ3v) is 6.16. The van der Waals surface area contributed by atoms with Gasteiger partial charge in [-0.3, -0.25) is 4.68 Å². The highest BCUT2D eigenvalue weighted by molar-refractivity contribution is 7.89. The molecule has 114 valence electrons. The number of sulfonamides is 1. The van der Waals surface area contributed by atoms with Crippen LogP contribution in [0.2, 0.25) is 0 Å². The van der Waals surface area contributed by atoms with E-state index in [0.717, 1.165) is 43.4 Å². The molecule has 0 radical (unpaired) electrons. The van der Waals surface area contributed by atoms with E-state index in [1.54, 1.807) is 4.31 Å². The number of hydrogen-bond donors (Lipinski definition) is 0.